The number of hydrogen-bond acceptors (Lipinski definition) is 4. The second kappa shape index (κ2) is 9.94. The Morgan fingerprint density at radius 3 is 2.42 bits per heavy atom. The zero-order valence-electron chi connectivity index (χ0n) is 18.8. The number of nitrogens with zero attached hydrogens (tertiary/aromatic N) is 3. The minimum Gasteiger partial charge on any atom is -0.340 e. The molecule has 3 aliphatic rings. The minimum absolute atomic E-state index is 0.0464. The van der Waals surface area contributed by atoms with E-state index in [4.69, 9.17) is 0 Å². The number of Topliss-reactive ketones (excluding diaryl/α,β-unsaturated/α-hetero) is 1. The molecule has 6 nitrogen and oxygen atoms in total. The van der Waals surface area contributed by atoms with Gasteiger partial charge < -0.3 is 9.80 Å². The largest absolute Gasteiger partial charge is 0.340 e. The number of rotatable bonds is 6. The molecule has 2 amide bonds. The lowest BCUT2D eigenvalue weighted by atomic mass is 10.0. The van der Waals surface area contributed by atoms with Crippen molar-refractivity contribution in [1.29, 1.82) is 0 Å². The lowest BCUT2D eigenvalue weighted by Crippen LogP contribution is -2.53. The van der Waals surface area contributed by atoms with E-state index in [0.717, 1.165) is 50.9 Å². The molecule has 4 rings (SSSR count). The maximum Gasteiger partial charge on any atom is 0.236 e. The standard InChI is InChI=1S/C25H35N3O3/c1-19-5-2-3-12-28(19)25(31)18-26-13-15-27(16-14-26)24(30)11-10-23(29)22-9-8-20-6-4-7-21(20)17-22/h8-9,17,19H,2-7,10-16,18H2,1H3. The van der Waals surface area contributed by atoms with Crippen LogP contribution in [-0.2, 0) is 22.4 Å². The highest BCUT2D eigenvalue weighted by atomic mass is 16.2. The van der Waals surface area contributed by atoms with Gasteiger partial charge in [-0.15, -0.1) is 0 Å². The molecular formula is C25H35N3O3. The molecule has 0 aromatic heterocycles. The molecule has 0 N–H and O–H groups in total. The van der Waals surface area contributed by atoms with Crippen molar-refractivity contribution in [1.82, 2.24) is 14.7 Å². The Kier molecular flexibility index (Phi) is 7.06. The molecule has 1 unspecified atom stereocenters. The van der Waals surface area contributed by atoms with Crippen molar-refractivity contribution in [2.75, 3.05) is 39.3 Å². The van der Waals surface area contributed by atoms with Crippen LogP contribution in [0.3, 0.4) is 0 Å². The van der Waals surface area contributed by atoms with Gasteiger partial charge in [0.2, 0.25) is 11.8 Å². The Bertz CT molecular complexity index is 829. The number of carbonyl (C=O) groups excluding carboxylic acids is 3. The van der Waals surface area contributed by atoms with Crippen LogP contribution in [0.4, 0.5) is 0 Å². The predicted molar refractivity (Wildman–Crippen MR) is 120 cm³/mol. The fourth-order valence-corrected chi connectivity index (χ4v) is 5.17. The molecule has 1 aromatic rings. The van der Waals surface area contributed by atoms with Crippen molar-refractivity contribution >= 4 is 17.6 Å². The van der Waals surface area contributed by atoms with Crippen molar-refractivity contribution < 1.29 is 14.4 Å². The second-order valence-electron chi connectivity index (χ2n) is 9.35. The Balaban J connectivity index is 1.19. The smallest absolute Gasteiger partial charge is 0.236 e. The van der Waals surface area contributed by atoms with E-state index in [9.17, 15) is 14.4 Å². The second-order valence-corrected chi connectivity index (χ2v) is 9.35. The summed E-state index contributed by atoms with van der Waals surface area (Å²) in [6.07, 6.45) is 7.26. The summed E-state index contributed by atoms with van der Waals surface area (Å²) in [5.74, 6) is 0.319. The monoisotopic (exact) mass is 425 g/mol. The van der Waals surface area contributed by atoms with Gasteiger partial charge >= 0.3 is 0 Å². The molecule has 1 atom stereocenters. The van der Waals surface area contributed by atoms with Crippen LogP contribution in [0.2, 0.25) is 0 Å². The van der Waals surface area contributed by atoms with Crippen LogP contribution in [0.1, 0.15) is 66.9 Å². The molecule has 0 bridgehead atoms. The first-order valence-electron chi connectivity index (χ1n) is 12.0. The number of fused-ring (bicyclic) bond motifs is 1. The quantitative estimate of drug-likeness (QED) is 0.658. The summed E-state index contributed by atoms with van der Waals surface area (Å²) in [7, 11) is 0. The van der Waals surface area contributed by atoms with Gasteiger partial charge in [0.15, 0.2) is 5.78 Å². The highest BCUT2D eigenvalue weighted by molar-refractivity contribution is 5.98. The molecule has 1 aliphatic carbocycles. The zero-order valence-corrected chi connectivity index (χ0v) is 18.8. The molecule has 2 saturated heterocycles. The van der Waals surface area contributed by atoms with Gasteiger partial charge in [-0.1, -0.05) is 12.1 Å². The molecule has 2 fully saturated rings. The molecule has 0 spiro atoms. The van der Waals surface area contributed by atoms with E-state index in [0.29, 0.717) is 25.7 Å². The first-order valence-corrected chi connectivity index (χ1v) is 12.0. The summed E-state index contributed by atoms with van der Waals surface area (Å²) in [4.78, 5) is 43.8. The van der Waals surface area contributed by atoms with Crippen LogP contribution in [0.25, 0.3) is 0 Å². The van der Waals surface area contributed by atoms with Crippen molar-refractivity contribution in [3.05, 3.63) is 34.9 Å². The average molecular weight is 426 g/mol. The Morgan fingerprint density at radius 1 is 0.871 bits per heavy atom. The van der Waals surface area contributed by atoms with Crippen LogP contribution in [0.15, 0.2) is 18.2 Å². The lowest BCUT2D eigenvalue weighted by molar-refractivity contribution is -0.137. The molecule has 2 heterocycles. The number of benzene rings is 1. The summed E-state index contributed by atoms with van der Waals surface area (Å²) in [5.41, 5.74) is 3.39. The average Bonchev–Trinajstić information content (AvgIpc) is 3.26. The highest BCUT2D eigenvalue weighted by Crippen LogP contribution is 2.23. The molecule has 168 valence electrons. The molecule has 1 aromatic carbocycles. The van der Waals surface area contributed by atoms with Gasteiger partial charge in [0, 0.05) is 57.2 Å². The SMILES string of the molecule is CC1CCCCN1C(=O)CN1CCN(C(=O)CCC(=O)c2ccc3c(c2)CCC3)CC1. The number of aryl methyl sites for hydroxylation is 2. The van der Waals surface area contributed by atoms with Gasteiger partial charge in [0.1, 0.15) is 0 Å². The van der Waals surface area contributed by atoms with Gasteiger partial charge in [-0.2, -0.15) is 0 Å². The van der Waals surface area contributed by atoms with Crippen molar-refractivity contribution in [3.8, 4) is 0 Å². The third kappa shape index (κ3) is 5.35. The predicted octanol–water partition coefficient (Wildman–Crippen LogP) is 2.68. The number of piperazine rings is 1. The topological polar surface area (TPSA) is 60.9 Å². The highest BCUT2D eigenvalue weighted by Gasteiger charge is 2.27. The molecule has 2 aliphatic heterocycles. The van der Waals surface area contributed by atoms with Gasteiger partial charge in [-0.3, -0.25) is 19.3 Å². The van der Waals surface area contributed by atoms with Crippen molar-refractivity contribution in [3.63, 3.8) is 0 Å². The maximum atomic E-state index is 12.6. The summed E-state index contributed by atoms with van der Waals surface area (Å²) in [6.45, 7) is 6.16. The minimum atomic E-state index is 0.0464. The number of piperidine rings is 1. The van der Waals surface area contributed by atoms with E-state index in [1.54, 1.807) is 0 Å². The van der Waals surface area contributed by atoms with E-state index >= 15 is 0 Å². The van der Waals surface area contributed by atoms with E-state index in [-0.39, 0.29) is 30.4 Å². The van der Waals surface area contributed by atoms with Crippen LogP contribution in [-0.4, -0.2) is 77.6 Å². The summed E-state index contributed by atoms with van der Waals surface area (Å²) in [6, 6.07) is 6.35. The Labute approximate surface area is 185 Å². The molecule has 0 radical (unpaired) electrons. The summed E-state index contributed by atoms with van der Waals surface area (Å²) in [5, 5.41) is 0. The van der Waals surface area contributed by atoms with Crippen molar-refractivity contribution in [2.24, 2.45) is 0 Å². The van der Waals surface area contributed by atoms with E-state index in [1.807, 2.05) is 21.9 Å². The number of hydrogen-bond donors (Lipinski definition) is 0. The fraction of sp³-hybridized carbons (Fsp3) is 0.640. The zero-order chi connectivity index (χ0) is 21.8. The Hall–Kier alpha value is -2.21. The van der Waals surface area contributed by atoms with Crippen LogP contribution in [0, 0.1) is 0 Å². The van der Waals surface area contributed by atoms with Crippen LogP contribution < -0.4 is 0 Å². The first-order chi connectivity index (χ1) is 15.0. The molecule has 6 heteroatoms. The number of carbonyl (C=O) groups is 3. The normalized spacial score (nSPS) is 21.8. The van der Waals surface area contributed by atoms with E-state index < -0.39 is 0 Å². The van der Waals surface area contributed by atoms with Gasteiger partial charge in [-0.25, -0.2) is 0 Å². The summed E-state index contributed by atoms with van der Waals surface area (Å²) >= 11 is 0. The third-order valence-electron chi connectivity index (χ3n) is 7.19. The molecule has 0 saturated carbocycles. The van der Waals surface area contributed by atoms with Crippen molar-refractivity contribution in [2.45, 2.75) is 64.3 Å². The molecular weight excluding hydrogens is 390 g/mol. The maximum absolute atomic E-state index is 12.6. The lowest BCUT2D eigenvalue weighted by Gasteiger charge is -2.38. The van der Waals surface area contributed by atoms with Crippen LogP contribution in [0.5, 0.6) is 0 Å². The molecule has 31 heavy (non-hydrogen) atoms. The number of likely N-dealkylation sites (tertiary alicyclic amines) is 1. The number of ketones is 1. The first kappa shape index (κ1) is 22.0. The van der Waals surface area contributed by atoms with Gasteiger partial charge in [-0.05, 0) is 62.6 Å². The van der Waals surface area contributed by atoms with Crippen LogP contribution >= 0.6 is 0 Å². The van der Waals surface area contributed by atoms with E-state index in [1.165, 1.54) is 24.0 Å². The third-order valence-corrected chi connectivity index (χ3v) is 7.19. The van der Waals surface area contributed by atoms with Gasteiger partial charge in [0.05, 0.1) is 6.54 Å². The van der Waals surface area contributed by atoms with E-state index in [2.05, 4.69) is 17.9 Å². The fourth-order valence-electron chi connectivity index (χ4n) is 5.17. The Morgan fingerprint density at radius 2 is 1.65 bits per heavy atom. The summed E-state index contributed by atoms with van der Waals surface area (Å²) < 4.78 is 0. The van der Waals surface area contributed by atoms with Gasteiger partial charge in [0.25, 0.3) is 0 Å². The number of amides is 2.